The van der Waals surface area contributed by atoms with Crippen LogP contribution in [0.25, 0.3) is 11.1 Å². The van der Waals surface area contributed by atoms with Crippen molar-refractivity contribution in [2.24, 2.45) is 17.8 Å². The monoisotopic (exact) mass is 267 g/mol. The van der Waals surface area contributed by atoms with Crippen LogP contribution >= 0.6 is 0 Å². The van der Waals surface area contributed by atoms with Crippen LogP contribution in [-0.2, 0) is 5.41 Å². The smallest absolute Gasteiger partial charge is 0.201 e. The number of benzene rings is 1. The van der Waals surface area contributed by atoms with Gasteiger partial charge in [-0.3, -0.25) is 0 Å². The molecule has 0 amide bonds. The lowest BCUT2D eigenvalue weighted by Gasteiger charge is -2.55. The van der Waals surface area contributed by atoms with Crippen molar-refractivity contribution in [3.63, 3.8) is 0 Å². The first kappa shape index (κ1) is 11.4. The van der Waals surface area contributed by atoms with Crippen molar-refractivity contribution in [3.05, 3.63) is 29.7 Å². The van der Waals surface area contributed by atoms with Crippen LogP contribution in [0.15, 0.2) is 22.6 Å². The van der Waals surface area contributed by atoms with E-state index in [0.717, 1.165) is 34.7 Å². The maximum atomic E-state index is 6.20. The molecule has 1 heterocycles. The summed E-state index contributed by atoms with van der Waals surface area (Å²) in [5.41, 5.74) is 3.57. The minimum Gasteiger partial charge on any atom is -0.440 e. The maximum Gasteiger partial charge on any atom is 0.201 e. The summed E-state index contributed by atoms with van der Waals surface area (Å²) in [5.74, 6) is 3.88. The Kier molecular flexibility index (Phi) is 2.08. The van der Waals surface area contributed by atoms with Gasteiger partial charge in [0.25, 0.3) is 0 Å². The van der Waals surface area contributed by atoms with E-state index in [1.165, 1.54) is 44.1 Å². The zero-order chi connectivity index (χ0) is 13.3. The maximum absolute atomic E-state index is 6.20. The second kappa shape index (κ2) is 3.66. The second-order valence-electron chi connectivity index (χ2n) is 7.69. The molecule has 2 nitrogen and oxygen atoms in total. The Morgan fingerprint density at radius 3 is 2.35 bits per heavy atom. The Morgan fingerprint density at radius 1 is 1.05 bits per heavy atom. The summed E-state index contributed by atoms with van der Waals surface area (Å²) in [6.07, 6.45) is 8.39. The Labute approximate surface area is 119 Å². The first-order valence-electron chi connectivity index (χ1n) is 8.08. The summed E-state index contributed by atoms with van der Waals surface area (Å²) in [5, 5.41) is 0. The Morgan fingerprint density at radius 2 is 1.70 bits per heavy atom. The van der Waals surface area contributed by atoms with E-state index in [9.17, 15) is 0 Å². The third-order valence-corrected chi connectivity index (χ3v) is 6.03. The van der Waals surface area contributed by atoms with E-state index in [1.807, 2.05) is 0 Å². The van der Waals surface area contributed by atoms with Crippen LogP contribution in [0.5, 0.6) is 0 Å². The molecule has 1 aromatic carbocycles. The fourth-order valence-corrected chi connectivity index (χ4v) is 5.64. The van der Waals surface area contributed by atoms with Crippen LogP contribution in [-0.4, -0.2) is 4.98 Å². The summed E-state index contributed by atoms with van der Waals surface area (Å²) < 4.78 is 6.20. The summed E-state index contributed by atoms with van der Waals surface area (Å²) in [4.78, 5) is 4.90. The van der Waals surface area contributed by atoms with Gasteiger partial charge in [-0.1, -0.05) is 6.07 Å². The third-order valence-electron chi connectivity index (χ3n) is 6.03. The predicted molar refractivity (Wildman–Crippen MR) is 78.6 cm³/mol. The van der Waals surface area contributed by atoms with Crippen molar-refractivity contribution in [2.45, 2.75) is 50.9 Å². The first-order valence-corrected chi connectivity index (χ1v) is 8.08. The van der Waals surface area contributed by atoms with Gasteiger partial charge in [0.2, 0.25) is 5.89 Å². The van der Waals surface area contributed by atoms with Crippen LogP contribution in [0.4, 0.5) is 0 Å². The van der Waals surface area contributed by atoms with Crippen LogP contribution in [0, 0.1) is 24.7 Å². The normalized spacial score (nSPS) is 38.8. The number of rotatable bonds is 1. The van der Waals surface area contributed by atoms with Crippen molar-refractivity contribution in [1.82, 2.24) is 4.98 Å². The molecule has 0 spiro atoms. The van der Waals surface area contributed by atoms with Gasteiger partial charge in [-0.2, -0.15) is 0 Å². The number of fused-ring (bicyclic) bond motifs is 1. The molecule has 2 aromatic rings. The molecule has 4 saturated carbocycles. The number of aromatic nitrogens is 1. The number of hydrogen-bond acceptors (Lipinski definition) is 2. The fourth-order valence-electron chi connectivity index (χ4n) is 5.64. The Hall–Kier alpha value is -1.31. The van der Waals surface area contributed by atoms with Gasteiger partial charge in [0, 0.05) is 5.41 Å². The lowest BCUT2D eigenvalue weighted by Crippen LogP contribution is -2.48. The van der Waals surface area contributed by atoms with Crippen molar-refractivity contribution < 1.29 is 4.42 Å². The van der Waals surface area contributed by atoms with Gasteiger partial charge < -0.3 is 4.42 Å². The zero-order valence-corrected chi connectivity index (χ0v) is 12.1. The number of hydrogen-bond donors (Lipinski definition) is 0. The van der Waals surface area contributed by atoms with E-state index in [-0.39, 0.29) is 5.41 Å². The molecule has 0 unspecified atom stereocenters. The lowest BCUT2D eigenvalue weighted by atomic mass is 9.49. The van der Waals surface area contributed by atoms with Crippen molar-refractivity contribution in [2.75, 3.05) is 0 Å². The van der Waals surface area contributed by atoms with Crippen LogP contribution in [0.1, 0.15) is 50.0 Å². The molecule has 0 aliphatic heterocycles. The van der Waals surface area contributed by atoms with Gasteiger partial charge in [0.1, 0.15) is 5.52 Å². The molecule has 4 aliphatic rings. The van der Waals surface area contributed by atoms with E-state index in [0.29, 0.717) is 0 Å². The lowest BCUT2D eigenvalue weighted by molar-refractivity contribution is -0.0170. The molecule has 4 aliphatic carbocycles. The topological polar surface area (TPSA) is 26.0 Å². The molecule has 4 fully saturated rings. The van der Waals surface area contributed by atoms with E-state index in [2.05, 4.69) is 25.1 Å². The molecule has 104 valence electrons. The molecule has 4 bridgehead atoms. The molecule has 1 aromatic heterocycles. The Bertz CT molecular complexity index is 648. The fraction of sp³-hybridized carbons (Fsp3) is 0.611. The summed E-state index contributed by atoms with van der Waals surface area (Å²) in [7, 11) is 0. The SMILES string of the molecule is Cc1ccc2oc(C34CC5CC(CC(C5)C3)C4)nc2c1. The van der Waals surface area contributed by atoms with Crippen molar-refractivity contribution in [1.29, 1.82) is 0 Å². The van der Waals surface area contributed by atoms with E-state index >= 15 is 0 Å². The van der Waals surface area contributed by atoms with Crippen LogP contribution in [0.2, 0.25) is 0 Å². The second-order valence-corrected chi connectivity index (χ2v) is 7.69. The standard InChI is InChI=1S/C18H21NO/c1-11-2-3-16-15(4-11)19-17(20-16)18-8-12-5-13(9-18)7-14(6-12)10-18/h2-4,12-14H,5-10H2,1H3. The number of nitrogens with zero attached hydrogens (tertiary/aromatic N) is 1. The van der Waals surface area contributed by atoms with Crippen molar-refractivity contribution >= 4 is 11.1 Å². The molecular weight excluding hydrogens is 246 g/mol. The van der Waals surface area contributed by atoms with Crippen LogP contribution < -0.4 is 0 Å². The number of oxazole rings is 1. The number of aryl methyl sites for hydroxylation is 1. The highest BCUT2D eigenvalue weighted by Gasteiger charge is 2.54. The minimum absolute atomic E-state index is 0.279. The minimum atomic E-state index is 0.279. The van der Waals surface area contributed by atoms with Gasteiger partial charge in [-0.25, -0.2) is 4.98 Å². The van der Waals surface area contributed by atoms with Gasteiger partial charge in [-0.15, -0.1) is 0 Å². The molecule has 20 heavy (non-hydrogen) atoms. The summed E-state index contributed by atoms with van der Waals surface area (Å²) >= 11 is 0. The first-order chi connectivity index (χ1) is 9.70. The quantitative estimate of drug-likeness (QED) is 0.754. The molecule has 0 radical (unpaired) electrons. The third kappa shape index (κ3) is 1.48. The zero-order valence-electron chi connectivity index (χ0n) is 12.1. The van der Waals surface area contributed by atoms with Gasteiger partial charge in [-0.05, 0) is 80.9 Å². The average molecular weight is 267 g/mol. The van der Waals surface area contributed by atoms with Gasteiger partial charge in [0.15, 0.2) is 5.58 Å². The predicted octanol–water partition coefficient (Wildman–Crippen LogP) is 4.60. The van der Waals surface area contributed by atoms with E-state index in [1.54, 1.807) is 0 Å². The molecular formula is C18H21NO. The van der Waals surface area contributed by atoms with E-state index < -0.39 is 0 Å². The molecule has 0 atom stereocenters. The highest BCUT2D eigenvalue weighted by molar-refractivity contribution is 5.73. The van der Waals surface area contributed by atoms with Crippen molar-refractivity contribution in [3.8, 4) is 0 Å². The van der Waals surface area contributed by atoms with Gasteiger partial charge >= 0.3 is 0 Å². The highest BCUT2D eigenvalue weighted by atomic mass is 16.3. The summed E-state index contributed by atoms with van der Waals surface area (Å²) in [6.45, 7) is 2.12. The molecule has 2 heteroatoms. The average Bonchev–Trinajstić information content (AvgIpc) is 2.80. The summed E-state index contributed by atoms with van der Waals surface area (Å²) in [6, 6.07) is 6.36. The molecule has 0 N–H and O–H groups in total. The highest BCUT2D eigenvalue weighted by Crippen LogP contribution is 2.60. The Balaban J connectivity index is 1.63. The van der Waals surface area contributed by atoms with Gasteiger partial charge in [0.05, 0.1) is 0 Å². The molecule has 0 saturated heterocycles. The van der Waals surface area contributed by atoms with E-state index in [4.69, 9.17) is 9.40 Å². The molecule has 6 rings (SSSR count). The largest absolute Gasteiger partial charge is 0.440 e. The van der Waals surface area contributed by atoms with Crippen LogP contribution in [0.3, 0.4) is 0 Å².